The second-order valence-electron chi connectivity index (χ2n) is 5.81. The van der Waals surface area contributed by atoms with Gasteiger partial charge in [0.15, 0.2) is 5.96 Å². The molecule has 1 aromatic rings. The number of esters is 1. The van der Waals surface area contributed by atoms with Crippen molar-refractivity contribution in [1.82, 2.24) is 10.6 Å². The Kier molecular flexibility index (Phi) is 6.68. The molecule has 1 heterocycles. The van der Waals surface area contributed by atoms with Gasteiger partial charge in [-0.2, -0.15) is 0 Å². The molecule has 0 aliphatic rings. The standard InChI is InChI=1S/C15H25N3O2S/c1-11(12-7-6-8-21-12)9-17-14(16-5)18-10-13(19)20-15(2,3)4/h6-8,11H,9-10H2,1-5H3,(H2,16,17,18). The zero-order valence-electron chi connectivity index (χ0n) is 13.4. The van der Waals surface area contributed by atoms with Crippen molar-refractivity contribution in [3.8, 4) is 0 Å². The first-order valence-electron chi connectivity index (χ1n) is 7.01. The van der Waals surface area contributed by atoms with Crippen LogP contribution in [-0.4, -0.2) is 37.7 Å². The molecule has 1 aromatic heterocycles. The van der Waals surface area contributed by atoms with E-state index in [0.717, 1.165) is 6.54 Å². The summed E-state index contributed by atoms with van der Waals surface area (Å²) in [6, 6.07) is 4.17. The quantitative estimate of drug-likeness (QED) is 0.498. The summed E-state index contributed by atoms with van der Waals surface area (Å²) in [4.78, 5) is 17.1. The first-order chi connectivity index (χ1) is 9.81. The van der Waals surface area contributed by atoms with Gasteiger partial charge in [0.25, 0.3) is 0 Å². The molecule has 0 saturated carbocycles. The Morgan fingerprint density at radius 1 is 1.43 bits per heavy atom. The predicted molar refractivity (Wildman–Crippen MR) is 87.9 cm³/mol. The van der Waals surface area contributed by atoms with E-state index in [1.54, 1.807) is 18.4 Å². The maximum absolute atomic E-state index is 11.6. The molecule has 0 bridgehead atoms. The Morgan fingerprint density at radius 3 is 2.67 bits per heavy atom. The second kappa shape index (κ2) is 8.02. The van der Waals surface area contributed by atoms with Crippen LogP contribution >= 0.6 is 11.3 Å². The predicted octanol–water partition coefficient (Wildman–Crippen LogP) is 2.36. The van der Waals surface area contributed by atoms with Gasteiger partial charge in [-0.3, -0.25) is 9.79 Å². The molecule has 0 fully saturated rings. The molecule has 118 valence electrons. The monoisotopic (exact) mass is 311 g/mol. The Labute approximate surface area is 130 Å². The topological polar surface area (TPSA) is 62.7 Å². The van der Waals surface area contributed by atoms with Crippen molar-refractivity contribution in [2.45, 2.75) is 39.2 Å². The maximum atomic E-state index is 11.6. The third kappa shape index (κ3) is 7.13. The van der Waals surface area contributed by atoms with Gasteiger partial charge in [0.05, 0.1) is 0 Å². The molecule has 0 aliphatic carbocycles. The molecular formula is C15H25N3O2S. The van der Waals surface area contributed by atoms with Crippen LogP contribution in [-0.2, 0) is 9.53 Å². The molecule has 0 saturated heterocycles. The summed E-state index contributed by atoms with van der Waals surface area (Å²) >= 11 is 1.74. The average Bonchev–Trinajstić information content (AvgIpc) is 2.90. The summed E-state index contributed by atoms with van der Waals surface area (Å²) < 4.78 is 5.23. The van der Waals surface area contributed by atoms with E-state index in [0.29, 0.717) is 11.9 Å². The van der Waals surface area contributed by atoms with Gasteiger partial charge >= 0.3 is 5.97 Å². The van der Waals surface area contributed by atoms with Gasteiger partial charge < -0.3 is 15.4 Å². The molecule has 6 heteroatoms. The molecule has 5 nitrogen and oxygen atoms in total. The van der Waals surface area contributed by atoms with E-state index < -0.39 is 5.60 Å². The molecule has 0 aromatic carbocycles. The van der Waals surface area contributed by atoms with Crippen LogP contribution < -0.4 is 10.6 Å². The third-order valence-corrected chi connectivity index (χ3v) is 3.75. The largest absolute Gasteiger partial charge is 0.459 e. The summed E-state index contributed by atoms with van der Waals surface area (Å²) in [7, 11) is 1.68. The summed E-state index contributed by atoms with van der Waals surface area (Å²) in [5.74, 6) is 0.700. The van der Waals surface area contributed by atoms with Crippen molar-refractivity contribution < 1.29 is 9.53 Å². The summed E-state index contributed by atoms with van der Waals surface area (Å²) in [6.45, 7) is 8.56. The van der Waals surface area contributed by atoms with E-state index in [2.05, 4.69) is 34.0 Å². The van der Waals surface area contributed by atoms with Crippen LogP contribution in [0.15, 0.2) is 22.5 Å². The maximum Gasteiger partial charge on any atom is 0.325 e. The zero-order valence-corrected chi connectivity index (χ0v) is 14.2. The molecule has 1 unspecified atom stereocenters. The molecule has 0 amide bonds. The van der Waals surface area contributed by atoms with Gasteiger partial charge in [-0.1, -0.05) is 13.0 Å². The zero-order chi connectivity index (χ0) is 15.9. The molecular weight excluding hydrogens is 286 g/mol. The fraction of sp³-hybridized carbons (Fsp3) is 0.600. The van der Waals surface area contributed by atoms with Crippen LogP contribution in [0.2, 0.25) is 0 Å². The van der Waals surface area contributed by atoms with Gasteiger partial charge in [0.1, 0.15) is 12.1 Å². The number of nitrogens with one attached hydrogen (secondary N) is 2. The first kappa shape index (κ1) is 17.5. The third-order valence-electron chi connectivity index (χ3n) is 2.65. The molecule has 1 rings (SSSR count). The van der Waals surface area contributed by atoms with E-state index in [9.17, 15) is 4.79 Å². The van der Waals surface area contributed by atoms with Crippen molar-refractivity contribution in [1.29, 1.82) is 0 Å². The summed E-state index contributed by atoms with van der Waals surface area (Å²) in [5.41, 5.74) is -0.469. The molecule has 0 radical (unpaired) electrons. The molecule has 21 heavy (non-hydrogen) atoms. The fourth-order valence-corrected chi connectivity index (χ4v) is 2.46. The van der Waals surface area contributed by atoms with E-state index in [-0.39, 0.29) is 12.5 Å². The second-order valence-corrected chi connectivity index (χ2v) is 6.79. The lowest BCUT2D eigenvalue weighted by molar-refractivity contribution is -0.153. The van der Waals surface area contributed by atoms with Crippen molar-refractivity contribution in [3.63, 3.8) is 0 Å². The number of carbonyl (C=O) groups excluding carboxylic acids is 1. The van der Waals surface area contributed by atoms with Gasteiger partial charge in [0, 0.05) is 24.4 Å². The molecule has 0 spiro atoms. The fourth-order valence-electron chi connectivity index (χ4n) is 1.68. The van der Waals surface area contributed by atoms with Gasteiger partial charge in [-0.15, -0.1) is 11.3 Å². The Hall–Kier alpha value is -1.56. The number of nitrogens with zero attached hydrogens (tertiary/aromatic N) is 1. The Morgan fingerprint density at radius 2 is 2.14 bits per heavy atom. The van der Waals surface area contributed by atoms with Crippen molar-refractivity contribution in [2.24, 2.45) is 4.99 Å². The number of thiophene rings is 1. The minimum absolute atomic E-state index is 0.102. The molecule has 2 N–H and O–H groups in total. The van der Waals surface area contributed by atoms with Gasteiger partial charge in [0.2, 0.25) is 0 Å². The van der Waals surface area contributed by atoms with Crippen LogP contribution in [0.5, 0.6) is 0 Å². The lowest BCUT2D eigenvalue weighted by Gasteiger charge is -2.20. The normalized spacial score (nSPS) is 13.7. The highest BCUT2D eigenvalue weighted by Gasteiger charge is 2.16. The number of guanidine groups is 1. The minimum Gasteiger partial charge on any atom is -0.459 e. The summed E-state index contributed by atoms with van der Waals surface area (Å²) in [6.07, 6.45) is 0. The lowest BCUT2D eigenvalue weighted by atomic mass is 10.1. The average molecular weight is 311 g/mol. The number of ether oxygens (including phenoxy) is 1. The van der Waals surface area contributed by atoms with Crippen LogP contribution in [0.4, 0.5) is 0 Å². The highest BCUT2D eigenvalue weighted by Crippen LogP contribution is 2.19. The lowest BCUT2D eigenvalue weighted by Crippen LogP contribution is -2.42. The van der Waals surface area contributed by atoms with Gasteiger partial charge in [-0.25, -0.2) is 0 Å². The summed E-state index contributed by atoms with van der Waals surface area (Å²) in [5, 5.41) is 8.24. The van der Waals surface area contributed by atoms with E-state index in [1.807, 2.05) is 26.8 Å². The first-order valence-corrected chi connectivity index (χ1v) is 7.89. The van der Waals surface area contributed by atoms with Crippen molar-refractivity contribution >= 4 is 23.3 Å². The van der Waals surface area contributed by atoms with Crippen LogP contribution in [0, 0.1) is 0 Å². The van der Waals surface area contributed by atoms with E-state index in [1.165, 1.54) is 4.88 Å². The number of hydrogen-bond acceptors (Lipinski definition) is 4. The molecule has 0 aliphatic heterocycles. The van der Waals surface area contributed by atoms with Crippen LogP contribution in [0.3, 0.4) is 0 Å². The van der Waals surface area contributed by atoms with E-state index in [4.69, 9.17) is 4.74 Å². The van der Waals surface area contributed by atoms with E-state index >= 15 is 0 Å². The smallest absolute Gasteiger partial charge is 0.325 e. The van der Waals surface area contributed by atoms with Gasteiger partial charge in [-0.05, 0) is 32.2 Å². The van der Waals surface area contributed by atoms with Crippen LogP contribution in [0.1, 0.15) is 38.5 Å². The SMILES string of the molecule is CN=C(NCC(=O)OC(C)(C)C)NCC(C)c1cccs1. The number of aliphatic imine (C=N–C) groups is 1. The Balaban J connectivity index is 2.34. The minimum atomic E-state index is -0.469. The highest BCUT2D eigenvalue weighted by molar-refractivity contribution is 7.10. The number of hydrogen-bond donors (Lipinski definition) is 2. The van der Waals surface area contributed by atoms with Crippen LogP contribution in [0.25, 0.3) is 0 Å². The number of carbonyl (C=O) groups is 1. The van der Waals surface area contributed by atoms with Crippen molar-refractivity contribution in [3.05, 3.63) is 22.4 Å². The van der Waals surface area contributed by atoms with Crippen molar-refractivity contribution in [2.75, 3.05) is 20.1 Å². The number of rotatable bonds is 5. The molecule has 1 atom stereocenters. The Bertz CT molecular complexity index is 464. The highest BCUT2D eigenvalue weighted by atomic mass is 32.1.